The molecule has 4 nitrogen and oxygen atoms in total. The van der Waals surface area contributed by atoms with Crippen molar-refractivity contribution in [2.24, 2.45) is 0 Å². The van der Waals surface area contributed by atoms with Crippen molar-refractivity contribution < 1.29 is 9.15 Å². The Labute approximate surface area is 121 Å². The van der Waals surface area contributed by atoms with E-state index in [2.05, 4.69) is 23.7 Å². The molecule has 0 radical (unpaired) electrons. The van der Waals surface area contributed by atoms with Gasteiger partial charge >= 0.3 is 0 Å². The molecule has 1 aromatic heterocycles. The summed E-state index contributed by atoms with van der Waals surface area (Å²) in [6, 6.07) is 12.8. The molecular formula is C15H10N2O2S. The van der Waals surface area contributed by atoms with Crippen LogP contribution in [0.3, 0.4) is 0 Å². The van der Waals surface area contributed by atoms with Gasteiger partial charge in [0, 0.05) is 4.90 Å². The number of rotatable bonds is 2. The van der Waals surface area contributed by atoms with Crippen LogP contribution in [-0.2, 0) is 0 Å². The SMILES string of the molecule is COc1ccc(S)cc1-c1nc2c(C#N)cccc2o1. The summed E-state index contributed by atoms with van der Waals surface area (Å²) in [5.41, 5.74) is 2.32. The van der Waals surface area contributed by atoms with Gasteiger partial charge < -0.3 is 9.15 Å². The van der Waals surface area contributed by atoms with Gasteiger partial charge in [-0.15, -0.1) is 12.6 Å². The molecule has 0 saturated carbocycles. The van der Waals surface area contributed by atoms with E-state index in [1.807, 2.05) is 12.1 Å². The fourth-order valence-electron chi connectivity index (χ4n) is 2.02. The molecule has 0 aliphatic carbocycles. The zero-order valence-electron chi connectivity index (χ0n) is 10.6. The lowest BCUT2D eigenvalue weighted by atomic mass is 10.2. The Morgan fingerprint density at radius 2 is 2.15 bits per heavy atom. The first kappa shape index (κ1) is 12.6. The normalized spacial score (nSPS) is 10.4. The van der Waals surface area contributed by atoms with Crippen LogP contribution >= 0.6 is 12.6 Å². The average molecular weight is 282 g/mol. The van der Waals surface area contributed by atoms with E-state index in [1.54, 1.807) is 31.4 Å². The van der Waals surface area contributed by atoms with Gasteiger partial charge in [0.05, 0.1) is 18.2 Å². The first-order chi connectivity index (χ1) is 9.72. The first-order valence-corrected chi connectivity index (χ1v) is 6.34. The molecule has 3 aromatic rings. The molecule has 2 aromatic carbocycles. The lowest BCUT2D eigenvalue weighted by Crippen LogP contribution is -1.88. The minimum atomic E-state index is 0.412. The Morgan fingerprint density at radius 3 is 2.90 bits per heavy atom. The molecule has 0 aliphatic heterocycles. The molecule has 5 heteroatoms. The maximum Gasteiger partial charge on any atom is 0.231 e. The number of ether oxygens (including phenoxy) is 1. The van der Waals surface area contributed by atoms with E-state index < -0.39 is 0 Å². The molecule has 98 valence electrons. The predicted octanol–water partition coefficient (Wildman–Crippen LogP) is 3.66. The van der Waals surface area contributed by atoms with Crippen molar-refractivity contribution in [2.45, 2.75) is 4.90 Å². The third-order valence-corrected chi connectivity index (χ3v) is 3.23. The van der Waals surface area contributed by atoms with Gasteiger partial charge in [-0.3, -0.25) is 0 Å². The summed E-state index contributed by atoms with van der Waals surface area (Å²) in [5.74, 6) is 1.06. The number of aromatic nitrogens is 1. The fraction of sp³-hybridized carbons (Fsp3) is 0.0667. The number of para-hydroxylation sites is 1. The molecule has 0 atom stereocenters. The Kier molecular flexibility index (Phi) is 3.09. The van der Waals surface area contributed by atoms with Crippen molar-refractivity contribution in [1.82, 2.24) is 4.98 Å². The summed E-state index contributed by atoms with van der Waals surface area (Å²) < 4.78 is 11.0. The van der Waals surface area contributed by atoms with Crippen LogP contribution in [0.2, 0.25) is 0 Å². The summed E-state index contributed by atoms with van der Waals surface area (Å²) in [7, 11) is 1.58. The molecule has 0 fully saturated rings. The van der Waals surface area contributed by atoms with Crippen molar-refractivity contribution in [3.8, 4) is 23.3 Å². The molecule has 1 heterocycles. The lowest BCUT2D eigenvalue weighted by Gasteiger charge is -2.05. The van der Waals surface area contributed by atoms with Crippen LogP contribution in [0.15, 0.2) is 45.7 Å². The van der Waals surface area contributed by atoms with E-state index in [4.69, 9.17) is 14.4 Å². The maximum atomic E-state index is 9.09. The van der Waals surface area contributed by atoms with Crippen LogP contribution in [0.25, 0.3) is 22.6 Å². The second-order valence-electron chi connectivity index (χ2n) is 4.17. The topological polar surface area (TPSA) is 59.0 Å². The van der Waals surface area contributed by atoms with Gasteiger partial charge in [-0.25, -0.2) is 4.98 Å². The molecule has 0 amide bonds. The largest absolute Gasteiger partial charge is 0.496 e. The van der Waals surface area contributed by atoms with Gasteiger partial charge in [0.15, 0.2) is 5.58 Å². The van der Waals surface area contributed by atoms with E-state index in [0.29, 0.717) is 33.9 Å². The van der Waals surface area contributed by atoms with E-state index in [9.17, 15) is 0 Å². The van der Waals surface area contributed by atoms with Crippen LogP contribution in [0, 0.1) is 11.3 Å². The minimum absolute atomic E-state index is 0.412. The molecule has 0 saturated heterocycles. The summed E-state index contributed by atoms with van der Waals surface area (Å²) in [6.07, 6.45) is 0. The van der Waals surface area contributed by atoms with Crippen LogP contribution in [0.5, 0.6) is 5.75 Å². The Hall–Kier alpha value is -2.45. The molecule has 0 spiro atoms. The molecular weight excluding hydrogens is 272 g/mol. The van der Waals surface area contributed by atoms with E-state index in [-0.39, 0.29) is 0 Å². The third kappa shape index (κ3) is 2.00. The Morgan fingerprint density at radius 1 is 1.30 bits per heavy atom. The number of methoxy groups -OCH3 is 1. The van der Waals surface area contributed by atoms with E-state index >= 15 is 0 Å². The Bertz CT molecular complexity index is 833. The van der Waals surface area contributed by atoms with Crippen molar-refractivity contribution in [2.75, 3.05) is 7.11 Å². The van der Waals surface area contributed by atoms with Crippen molar-refractivity contribution in [3.05, 3.63) is 42.0 Å². The number of hydrogen-bond acceptors (Lipinski definition) is 5. The fourth-order valence-corrected chi connectivity index (χ4v) is 2.22. The quantitative estimate of drug-likeness (QED) is 0.729. The summed E-state index contributed by atoms with van der Waals surface area (Å²) >= 11 is 4.31. The second-order valence-corrected chi connectivity index (χ2v) is 4.68. The maximum absolute atomic E-state index is 9.09. The number of nitriles is 1. The first-order valence-electron chi connectivity index (χ1n) is 5.90. The average Bonchev–Trinajstić information content (AvgIpc) is 2.90. The van der Waals surface area contributed by atoms with Crippen LogP contribution < -0.4 is 4.74 Å². The number of thiol groups is 1. The molecule has 0 N–H and O–H groups in total. The van der Waals surface area contributed by atoms with Crippen molar-refractivity contribution >= 4 is 23.7 Å². The number of nitrogens with zero attached hydrogens (tertiary/aromatic N) is 2. The number of oxazole rings is 1. The highest BCUT2D eigenvalue weighted by atomic mass is 32.1. The van der Waals surface area contributed by atoms with E-state index in [1.165, 1.54) is 0 Å². The number of hydrogen-bond donors (Lipinski definition) is 1. The molecule has 0 bridgehead atoms. The molecule has 0 unspecified atom stereocenters. The van der Waals surface area contributed by atoms with Gasteiger partial charge in [0.2, 0.25) is 5.89 Å². The monoisotopic (exact) mass is 282 g/mol. The third-order valence-electron chi connectivity index (χ3n) is 2.95. The predicted molar refractivity (Wildman–Crippen MR) is 78.0 cm³/mol. The second kappa shape index (κ2) is 4.91. The van der Waals surface area contributed by atoms with Gasteiger partial charge in [0.25, 0.3) is 0 Å². The van der Waals surface area contributed by atoms with Crippen LogP contribution in [-0.4, -0.2) is 12.1 Å². The van der Waals surface area contributed by atoms with Crippen LogP contribution in [0.1, 0.15) is 5.56 Å². The number of benzene rings is 2. The summed E-state index contributed by atoms with van der Waals surface area (Å²) in [6.45, 7) is 0. The van der Waals surface area contributed by atoms with Crippen molar-refractivity contribution in [1.29, 1.82) is 5.26 Å². The standard InChI is InChI=1S/C15H10N2O2S/c1-18-12-6-5-10(20)7-11(12)15-17-14-9(8-16)3-2-4-13(14)19-15/h2-7,20H,1H3. The smallest absolute Gasteiger partial charge is 0.231 e. The highest BCUT2D eigenvalue weighted by Gasteiger charge is 2.15. The molecule has 3 rings (SSSR count). The number of fused-ring (bicyclic) bond motifs is 1. The lowest BCUT2D eigenvalue weighted by molar-refractivity contribution is 0.414. The minimum Gasteiger partial charge on any atom is -0.496 e. The van der Waals surface area contributed by atoms with Gasteiger partial charge in [-0.2, -0.15) is 5.26 Å². The summed E-state index contributed by atoms with van der Waals surface area (Å²) in [4.78, 5) is 5.18. The Balaban J connectivity index is 2.26. The molecule has 0 aliphatic rings. The van der Waals surface area contributed by atoms with Gasteiger partial charge in [0.1, 0.15) is 17.3 Å². The van der Waals surface area contributed by atoms with Crippen LogP contribution in [0.4, 0.5) is 0 Å². The van der Waals surface area contributed by atoms with E-state index in [0.717, 1.165) is 4.90 Å². The highest BCUT2D eigenvalue weighted by molar-refractivity contribution is 7.80. The summed E-state index contributed by atoms with van der Waals surface area (Å²) in [5, 5.41) is 9.09. The van der Waals surface area contributed by atoms with Gasteiger partial charge in [-0.1, -0.05) is 6.07 Å². The zero-order chi connectivity index (χ0) is 14.1. The highest BCUT2D eigenvalue weighted by Crippen LogP contribution is 2.33. The van der Waals surface area contributed by atoms with Crippen molar-refractivity contribution in [3.63, 3.8) is 0 Å². The van der Waals surface area contributed by atoms with Gasteiger partial charge in [-0.05, 0) is 30.3 Å². The zero-order valence-corrected chi connectivity index (χ0v) is 11.5. The molecule has 20 heavy (non-hydrogen) atoms.